The van der Waals surface area contributed by atoms with Crippen LogP contribution in [0, 0.1) is 0 Å². The van der Waals surface area contributed by atoms with E-state index in [0.717, 1.165) is 12.0 Å². The first-order valence-corrected chi connectivity index (χ1v) is 16.2. The van der Waals surface area contributed by atoms with E-state index >= 15 is 0 Å². The van der Waals surface area contributed by atoms with Gasteiger partial charge in [-0.05, 0) is 68.1 Å². The normalized spacial score (nSPS) is 22.3. The second-order valence-electron chi connectivity index (χ2n) is 9.24. The molecule has 5 heteroatoms. The molecule has 140 valence electrons. The molecule has 1 saturated carbocycles. The van der Waals surface area contributed by atoms with Gasteiger partial charge in [-0.2, -0.15) is 0 Å². The third-order valence-electron chi connectivity index (χ3n) is 4.65. The van der Waals surface area contributed by atoms with E-state index in [1.165, 1.54) is 10.8 Å². The molecule has 1 fully saturated rings. The third kappa shape index (κ3) is 4.01. The van der Waals surface area contributed by atoms with Crippen LogP contribution in [0.15, 0.2) is 42.5 Å². The molecular weight excluding hydrogens is 356 g/mol. The predicted molar refractivity (Wildman–Crippen MR) is 113 cm³/mol. The van der Waals surface area contributed by atoms with E-state index in [4.69, 9.17) is 8.85 Å². The van der Waals surface area contributed by atoms with Crippen molar-refractivity contribution in [3.05, 3.63) is 48.0 Å². The average molecular weight is 387 g/mol. The lowest BCUT2D eigenvalue weighted by atomic mass is 9.72. The van der Waals surface area contributed by atoms with Crippen molar-refractivity contribution in [1.29, 1.82) is 0 Å². The summed E-state index contributed by atoms with van der Waals surface area (Å²) in [5, 5.41) is 2.37. The van der Waals surface area contributed by atoms with Crippen LogP contribution in [-0.4, -0.2) is 28.0 Å². The van der Waals surface area contributed by atoms with Crippen molar-refractivity contribution in [3.8, 4) is 0 Å². The van der Waals surface area contributed by atoms with Crippen LogP contribution in [0.1, 0.15) is 24.5 Å². The molecule has 0 bridgehead atoms. The van der Waals surface area contributed by atoms with E-state index in [1.54, 1.807) is 0 Å². The van der Waals surface area contributed by atoms with Gasteiger partial charge in [-0.25, -0.2) is 0 Å². The highest BCUT2D eigenvalue weighted by atomic mass is 28.4. The van der Waals surface area contributed by atoms with Crippen LogP contribution in [0.5, 0.6) is 0 Å². The summed E-state index contributed by atoms with van der Waals surface area (Å²) in [6.07, 6.45) is 1.01. The lowest BCUT2D eigenvalue weighted by molar-refractivity contribution is -0.162. The first kappa shape index (κ1) is 19.5. The van der Waals surface area contributed by atoms with Gasteiger partial charge in [0.25, 0.3) is 0 Å². The van der Waals surface area contributed by atoms with Gasteiger partial charge < -0.3 is 8.85 Å². The largest absolute Gasteiger partial charge is 0.407 e. The number of hydrogen-bond donors (Lipinski definition) is 0. The van der Waals surface area contributed by atoms with Crippen LogP contribution in [0.25, 0.3) is 10.8 Å². The lowest BCUT2D eigenvalue weighted by Gasteiger charge is -2.50. The fourth-order valence-electron chi connectivity index (χ4n) is 3.62. The van der Waals surface area contributed by atoms with Crippen LogP contribution < -0.4 is 0 Å². The fourth-order valence-corrected chi connectivity index (χ4v) is 6.06. The van der Waals surface area contributed by atoms with Crippen molar-refractivity contribution < 1.29 is 13.6 Å². The molecule has 0 aliphatic heterocycles. The quantitative estimate of drug-likeness (QED) is 0.599. The van der Waals surface area contributed by atoms with Gasteiger partial charge >= 0.3 is 0 Å². The molecule has 0 amide bonds. The zero-order valence-electron chi connectivity index (χ0n) is 16.8. The van der Waals surface area contributed by atoms with Crippen LogP contribution >= 0.6 is 0 Å². The van der Waals surface area contributed by atoms with Crippen LogP contribution in [-0.2, 0) is 13.6 Å². The van der Waals surface area contributed by atoms with E-state index in [2.05, 4.69) is 69.6 Å². The van der Waals surface area contributed by atoms with Crippen LogP contribution in [0.2, 0.25) is 39.3 Å². The van der Waals surface area contributed by atoms with Gasteiger partial charge in [0.1, 0.15) is 11.7 Å². The Morgan fingerprint density at radius 2 is 1.58 bits per heavy atom. The van der Waals surface area contributed by atoms with E-state index in [9.17, 15) is 4.79 Å². The molecule has 0 radical (unpaired) electrons. The highest BCUT2D eigenvalue weighted by Crippen LogP contribution is 2.47. The first-order chi connectivity index (χ1) is 12.0. The third-order valence-corrected chi connectivity index (χ3v) is 6.57. The van der Waals surface area contributed by atoms with E-state index in [-0.39, 0.29) is 11.9 Å². The van der Waals surface area contributed by atoms with Gasteiger partial charge in [0.05, 0.1) is 0 Å². The highest BCUT2D eigenvalue weighted by Gasteiger charge is 2.56. The van der Waals surface area contributed by atoms with Crippen molar-refractivity contribution in [2.24, 2.45) is 0 Å². The molecule has 1 aliphatic carbocycles. The molecule has 0 saturated heterocycles. The standard InChI is InChI=1S/C21H30O3Si2/c1-25(2,3)23-20(21(14-13-19(21)22)24-26(4,5)6)18-12-11-16-9-7-8-10-17(16)15-18/h7-12,15,20H,13-14H2,1-6H3/t20-,21+/m0/s1. The van der Waals surface area contributed by atoms with Crippen molar-refractivity contribution >= 4 is 33.2 Å². The van der Waals surface area contributed by atoms with E-state index in [0.29, 0.717) is 6.42 Å². The Morgan fingerprint density at radius 1 is 0.923 bits per heavy atom. The zero-order chi connectivity index (χ0) is 19.2. The average Bonchev–Trinajstić information content (AvgIpc) is 2.54. The summed E-state index contributed by atoms with van der Waals surface area (Å²) in [6.45, 7) is 13.0. The second kappa shape index (κ2) is 6.71. The number of rotatable bonds is 6. The minimum Gasteiger partial charge on any atom is -0.407 e. The summed E-state index contributed by atoms with van der Waals surface area (Å²) in [6, 6.07) is 14.7. The van der Waals surface area contributed by atoms with E-state index < -0.39 is 22.2 Å². The summed E-state index contributed by atoms with van der Waals surface area (Å²) in [4.78, 5) is 12.8. The van der Waals surface area contributed by atoms with Crippen LogP contribution in [0.3, 0.4) is 0 Å². The number of hydrogen-bond acceptors (Lipinski definition) is 3. The summed E-state index contributed by atoms with van der Waals surface area (Å²) >= 11 is 0. The minimum atomic E-state index is -1.91. The number of carbonyl (C=O) groups is 1. The van der Waals surface area contributed by atoms with Crippen molar-refractivity contribution in [2.45, 2.75) is 63.8 Å². The maximum atomic E-state index is 12.8. The van der Waals surface area contributed by atoms with Crippen LogP contribution in [0.4, 0.5) is 0 Å². The number of benzene rings is 2. The van der Waals surface area contributed by atoms with Gasteiger partial charge in [0, 0.05) is 6.42 Å². The summed E-state index contributed by atoms with van der Waals surface area (Å²) < 4.78 is 13.1. The number of Topliss-reactive ketones (excluding diaryl/α,β-unsaturated/α-hetero) is 1. The number of fused-ring (bicyclic) bond motifs is 1. The molecule has 26 heavy (non-hydrogen) atoms. The lowest BCUT2D eigenvalue weighted by Crippen LogP contribution is -2.60. The van der Waals surface area contributed by atoms with Crippen molar-refractivity contribution in [3.63, 3.8) is 0 Å². The molecule has 0 N–H and O–H groups in total. The fraction of sp³-hybridized carbons (Fsp3) is 0.476. The van der Waals surface area contributed by atoms with Gasteiger partial charge in [-0.1, -0.05) is 36.4 Å². The monoisotopic (exact) mass is 386 g/mol. The maximum Gasteiger partial charge on any atom is 0.185 e. The Labute approximate surface area is 159 Å². The molecular formula is C21H30O3Si2. The Bertz CT molecular complexity index is 820. The summed E-state index contributed by atoms with van der Waals surface area (Å²) in [5.74, 6) is 0.191. The molecule has 0 unspecified atom stereocenters. The Kier molecular flexibility index (Phi) is 5.03. The van der Waals surface area contributed by atoms with Crippen molar-refractivity contribution in [1.82, 2.24) is 0 Å². The molecule has 3 rings (SSSR count). The molecule has 0 aromatic heterocycles. The SMILES string of the molecule is C[Si](C)(C)O[C@@H](c1ccc2ccccc2c1)[C@@]1(O[Si](C)(C)C)CCC1=O. The highest BCUT2D eigenvalue weighted by molar-refractivity contribution is 6.70. The van der Waals surface area contributed by atoms with Gasteiger partial charge in [-0.15, -0.1) is 0 Å². The molecule has 0 heterocycles. The maximum absolute atomic E-state index is 12.8. The topological polar surface area (TPSA) is 35.5 Å². The summed E-state index contributed by atoms with van der Waals surface area (Å²) in [7, 11) is -3.80. The molecule has 0 spiro atoms. The van der Waals surface area contributed by atoms with Gasteiger partial charge in [-0.3, -0.25) is 4.79 Å². The molecule has 2 aromatic rings. The van der Waals surface area contributed by atoms with Crippen molar-refractivity contribution in [2.75, 3.05) is 0 Å². The Hall–Kier alpha value is -1.28. The summed E-state index contributed by atoms with van der Waals surface area (Å²) in [5.41, 5.74) is 0.241. The first-order valence-electron chi connectivity index (χ1n) is 9.40. The Morgan fingerprint density at radius 3 is 2.08 bits per heavy atom. The number of carbonyl (C=O) groups excluding carboxylic acids is 1. The molecule has 3 nitrogen and oxygen atoms in total. The Balaban J connectivity index is 2.10. The second-order valence-corrected chi connectivity index (χ2v) is 18.1. The minimum absolute atomic E-state index is 0.191. The predicted octanol–water partition coefficient (Wildman–Crippen LogP) is 5.69. The molecule has 1 aliphatic rings. The molecule has 2 aromatic carbocycles. The van der Waals surface area contributed by atoms with E-state index in [1.807, 2.05) is 12.1 Å². The van der Waals surface area contributed by atoms with Gasteiger partial charge in [0.2, 0.25) is 0 Å². The smallest absolute Gasteiger partial charge is 0.185 e. The number of ketones is 1. The zero-order valence-corrected chi connectivity index (χ0v) is 18.8. The van der Waals surface area contributed by atoms with Gasteiger partial charge in [0.15, 0.2) is 22.4 Å². The molecule has 2 atom stereocenters.